The molecule has 2 aromatic heterocycles. The van der Waals surface area contributed by atoms with Gasteiger partial charge in [0.25, 0.3) is 0 Å². The summed E-state index contributed by atoms with van der Waals surface area (Å²) in [5, 5.41) is 5.74. The van der Waals surface area contributed by atoms with Crippen molar-refractivity contribution in [2.75, 3.05) is 20.8 Å². The summed E-state index contributed by atoms with van der Waals surface area (Å²) >= 11 is 0. The number of ether oxygens (including phenoxy) is 4. The van der Waals surface area contributed by atoms with E-state index in [9.17, 15) is 19.2 Å². The Labute approximate surface area is 425 Å². The van der Waals surface area contributed by atoms with Crippen molar-refractivity contribution in [3.05, 3.63) is 71.6 Å². The second-order valence-electron chi connectivity index (χ2n) is 20.0. The summed E-state index contributed by atoms with van der Waals surface area (Å²) in [5.41, 5.74) is 8.68. The van der Waals surface area contributed by atoms with E-state index >= 15 is 0 Å². The number of imidazole rings is 2. The zero-order chi connectivity index (χ0) is 51.8. The van der Waals surface area contributed by atoms with Gasteiger partial charge in [0, 0.05) is 24.3 Å². The zero-order valence-electron chi connectivity index (χ0n) is 43.9. The first-order chi connectivity index (χ1) is 34.6. The van der Waals surface area contributed by atoms with Gasteiger partial charge in [-0.15, -0.1) is 6.42 Å². The molecule has 0 spiro atoms. The fourth-order valence-electron chi connectivity index (χ4n) is 11.4. The van der Waals surface area contributed by atoms with Crippen LogP contribution >= 0.6 is 0 Å². The van der Waals surface area contributed by atoms with E-state index in [1.54, 1.807) is 0 Å². The minimum atomic E-state index is -0.866. The van der Waals surface area contributed by atoms with E-state index in [2.05, 4.69) is 76.8 Å². The van der Waals surface area contributed by atoms with Crippen molar-refractivity contribution in [1.82, 2.24) is 40.4 Å². The Morgan fingerprint density at radius 2 is 1.28 bits per heavy atom. The maximum atomic E-state index is 14.9. The van der Waals surface area contributed by atoms with Crippen molar-refractivity contribution in [2.24, 2.45) is 11.8 Å². The fourth-order valence-corrected chi connectivity index (χ4v) is 11.4. The maximum absolute atomic E-state index is 14.9. The summed E-state index contributed by atoms with van der Waals surface area (Å²) in [6.07, 6.45) is 14.9. The molecule has 10 atom stereocenters. The van der Waals surface area contributed by atoms with Gasteiger partial charge in [-0.05, 0) is 138 Å². The van der Waals surface area contributed by atoms with Gasteiger partial charge in [-0.3, -0.25) is 9.59 Å². The number of methoxy groups -OCH3 is 2. The number of alkyl carbamates (subject to hydrolysis) is 2. The Hall–Kier alpha value is -6.18. The summed E-state index contributed by atoms with van der Waals surface area (Å²) in [6.45, 7) is 16.6. The summed E-state index contributed by atoms with van der Waals surface area (Å²) < 4.78 is 21.7. The first-order valence-electron chi connectivity index (χ1n) is 26.1. The van der Waals surface area contributed by atoms with Crippen molar-refractivity contribution in [2.45, 2.75) is 174 Å². The number of hydrogen-bond donors (Lipinski definition) is 4. The van der Waals surface area contributed by atoms with Gasteiger partial charge in [-0.25, -0.2) is 19.6 Å². The van der Waals surface area contributed by atoms with E-state index in [1.807, 2.05) is 63.7 Å². The molecule has 2 aromatic carbocycles. The smallest absolute Gasteiger partial charge is 0.407 e. The molecule has 16 heteroatoms. The van der Waals surface area contributed by atoms with E-state index in [-0.39, 0.29) is 47.9 Å². The number of rotatable bonds is 18. The van der Waals surface area contributed by atoms with Gasteiger partial charge in [-0.1, -0.05) is 63.1 Å². The number of H-pyrrole nitrogens is 2. The SMILES string of the molecule is C#C[C@@H]1CC([C@H](NC(=O)OC)C(=O)N(C(CC)CC)[C@@H](C)c2ncc(-c3ccc(-c4ccc(-c5cnc([C@H](C)N(C(=O)[C@@H](NC(=O)OC)C6CCO[C@H](C)C6)[C@@H](C)CC)[nH]5)cc4)c4c3CCC4)[nH]2)C[C@@H](C)O1. The maximum Gasteiger partial charge on any atom is 0.407 e. The first kappa shape index (κ1) is 53.6. The molecule has 4 aromatic rings. The molecule has 2 unspecified atom stereocenters. The molecular formula is C56H76N8O8. The minimum Gasteiger partial charge on any atom is -0.453 e. The Morgan fingerprint density at radius 1 is 0.736 bits per heavy atom. The van der Waals surface area contributed by atoms with Gasteiger partial charge in [0.2, 0.25) is 11.8 Å². The second-order valence-corrected chi connectivity index (χ2v) is 20.0. The second kappa shape index (κ2) is 24.0. The molecule has 0 saturated carbocycles. The lowest BCUT2D eigenvalue weighted by Gasteiger charge is -2.41. The van der Waals surface area contributed by atoms with Crippen molar-refractivity contribution in [1.29, 1.82) is 0 Å². The molecule has 4 amide bonds. The van der Waals surface area contributed by atoms with Crippen molar-refractivity contribution >= 4 is 24.0 Å². The van der Waals surface area contributed by atoms with Crippen LogP contribution in [0.5, 0.6) is 0 Å². The van der Waals surface area contributed by atoms with Crippen molar-refractivity contribution in [3.8, 4) is 46.0 Å². The van der Waals surface area contributed by atoms with Crippen LogP contribution in [0.25, 0.3) is 33.6 Å². The van der Waals surface area contributed by atoms with Gasteiger partial charge < -0.3 is 49.3 Å². The Balaban J connectivity index is 1.10. The lowest BCUT2D eigenvalue weighted by molar-refractivity contribution is -0.142. The molecule has 4 heterocycles. The summed E-state index contributed by atoms with van der Waals surface area (Å²) in [7, 11) is 2.61. The van der Waals surface area contributed by atoms with E-state index < -0.39 is 42.5 Å². The quantitative estimate of drug-likeness (QED) is 0.0698. The number of hydrogen-bond acceptors (Lipinski definition) is 10. The van der Waals surface area contributed by atoms with Gasteiger partial charge >= 0.3 is 12.2 Å². The highest BCUT2D eigenvalue weighted by atomic mass is 16.5. The van der Waals surface area contributed by atoms with Gasteiger partial charge in [0.05, 0.1) is 62.3 Å². The molecule has 388 valence electrons. The van der Waals surface area contributed by atoms with Crippen LogP contribution in [0.1, 0.15) is 142 Å². The van der Waals surface area contributed by atoms with Crippen molar-refractivity contribution in [3.63, 3.8) is 0 Å². The van der Waals surface area contributed by atoms with Crippen LogP contribution < -0.4 is 10.6 Å². The highest BCUT2D eigenvalue weighted by Gasteiger charge is 2.43. The molecule has 1 aliphatic carbocycles. The number of nitrogens with zero attached hydrogens (tertiary/aromatic N) is 4. The average molecular weight is 989 g/mol. The van der Waals surface area contributed by atoms with Crippen LogP contribution in [0.15, 0.2) is 48.8 Å². The highest BCUT2D eigenvalue weighted by molar-refractivity contribution is 5.87. The number of nitrogens with one attached hydrogen (secondary N) is 4. The largest absolute Gasteiger partial charge is 0.453 e. The number of aromatic amines is 2. The van der Waals surface area contributed by atoms with Crippen LogP contribution in [0.3, 0.4) is 0 Å². The Morgan fingerprint density at radius 3 is 1.88 bits per heavy atom. The molecule has 0 bridgehead atoms. The number of carbonyl (C=O) groups excluding carboxylic acids is 4. The number of carbonyl (C=O) groups is 4. The molecule has 2 fully saturated rings. The number of amides is 4. The van der Waals surface area contributed by atoms with E-state index in [0.29, 0.717) is 43.9 Å². The monoisotopic (exact) mass is 989 g/mol. The number of benzene rings is 2. The van der Waals surface area contributed by atoms with E-state index in [1.165, 1.54) is 30.9 Å². The zero-order valence-corrected chi connectivity index (χ0v) is 43.9. The first-order valence-corrected chi connectivity index (χ1v) is 26.1. The predicted molar refractivity (Wildman–Crippen MR) is 276 cm³/mol. The lowest BCUT2D eigenvalue weighted by atomic mass is 9.84. The molecule has 7 rings (SSSR count). The summed E-state index contributed by atoms with van der Waals surface area (Å²) in [6, 6.07) is 10.1. The number of fused-ring (bicyclic) bond motifs is 1. The third-order valence-electron chi connectivity index (χ3n) is 15.5. The molecule has 2 aliphatic heterocycles. The standard InChI is InChI=1S/C56H76N8O8/c1-12-32(5)63(53(65)49(61-55(67)69-10)39-25-26-71-33(6)27-39)35(8)51-57-30-47(59-51)38-21-19-37(20-22-38)43-23-24-46(45-18-16-17-44(43)45)48-31-58-52(60-48)36(9)64(41(13-2)14-3)54(66)50(62-56(68)70-11)40-28-34(7)72-42(15-4)29-40/h4,19-24,30-36,39-42,49-50H,12-14,16-18,25-29H2,1-3,5-11H3,(H,57,59)(H,58,60)(H,61,67)(H,62,68)/t32-,33+,34+,35-,36-,39?,40?,42+,49-,50-/m0/s1. The van der Waals surface area contributed by atoms with Crippen LogP contribution in [0.4, 0.5) is 9.59 Å². The van der Waals surface area contributed by atoms with Crippen LogP contribution in [-0.2, 0) is 41.4 Å². The number of aromatic nitrogens is 4. The molecule has 16 nitrogen and oxygen atoms in total. The van der Waals surface area contributed by atoms with Gasteiger partial charge in [-0.2, -0.15) is 0 Å². The van der Waals surface area contributed by atoms with Crippen LogP contribution in [-0.4, -0.2) is 117 Å². The third kappa shape index (κ3) is 11.7. The molecular weight excluding hydrogens is 913 g/mol. The van der Waals surface area contributed by atoms with Crippen LogP contribution in [0.2, 0.25) is 0 Å². The average Bonchev–Trinajstić information content (AvgIpc) is 4.21. The van der Waals surface area contributed by atoms with Crippen molar-refractivity contribution < 1.29 is 38.1 Å². The highest BCUT2D eigenvalue weighted by Crippen LogP contribution is 2.40. The fraction of sp³-hybridized carbons (Fsp3) is 0.571. The lowest BCUT2D eigenvalue weighted by Crippen LogP contribution is -2.57. The minimum absolute atomic E-state index is 0.0219. The predicted octanol–water partition coefficient (Wildman–Crippen LogP) is 9.47. The van der Waals surface area contributed by atoms with Gasteiger partial charge in [0.15, 0.2) is 0 Å². The van der Waals surface area contributed by atoms with E-state index in [0.717, 1.165) is 66.6 Å². The molecule has 0 radical (unpaired) electrons. The number of terminal acetylenes is 1. The molecule has 2 saturated heterocycles. The Bertz CT molecular complexity index is 2550. The Kier molecular flexibility index (Phi) is 17.9. The summed E-state index contributed by atoms with van der Waals surface area (Å²) in [5.74, 6) is 3.30. The molecule has 72 heavy (non-hydrogen) atoms. The molecule has 3 aliphatic rings. The topological polar surface area (TPSA) is 193 Å². The molecule has 4 N–H and O–H groups in total. The normalized spacial score (nSPS) is 21.8. The van der Waals surface area contributed by atoms with Gasteiger partial charge in [0.1, 0.15) is 29.8 Å². The summed E-state index contributed by atoms with van der Waals surface area (Å²) in [4.78, 5) is 75.3. The third-order valence-corrected chi connectivity index (χ3v) is 15.5. The van der Waals surface area contributed by atoms with Crippen LogP contribution in [0, 0.1) is 24.2 Å². The van der Waals surface area contributed by atoms with E-state index in [4.69, 9.17) is 35.3 Å².